The van der Waals surface area contributed by atoms with Crippen LogP contribution in [0.15, 0.2) is 18.2 Å². The van der Waals surface area contributed by atoms with Gasteiger partial charge < -0.3 is 4.98 Å². The number of nitrogens with one attached hydrogen (secondary N) is 2. The van der Waals surface area contributed by atoms with E-state index in [9.17, 15) is 4.79 Å². The lowest BCUT2D eigenvalue weighted by molar-refractivity contribution is -0.114. The minimum atomic E-state index is -0.167. The lowest BCUT2D eigenvalue weighted by atomic mass is 10.3. The molecule has 1 aromatic heterocycles. The highest BCUT2D eigenvalue weighted by Gasteiger charge is 2.05. The lowest BCUT2D eigenvalue weighted by Gasteiger charge is -1.92. The third-order valence-electron chi connectivity index (χ3n) is 1.76. The molecule has 1 heterocycles. The predicted octanol–water partition coefficient (Wildman–Crippen LogP) is 2.17. The second-order valence-corrected chi connectivity index (χ2v) is 3.31. The molecule has 0 radical (unpaired) electrons. The maximum atomic E-state index is 10.8. The standard InChI is InChI=1S/C9H8ClN3O/c1-5(14)11-9-12-7-4-2-3-6(10)8(7)13-9/h2-4H,1H3,(H2,11,12,13,14). The largest absolute Gasteiger partial charge is 0.324 e. The van der Waals surface area contributed by atoms with Gasteiger partial charge in [0.1, 0.15) is 5.52 Å². The summed E-state index contributed by atoms with van der Waals surface area (Å²) in [4.78, 5) is 17.8. The summed E-state index contributed by atoms with van der Waals surface area (Å²) in [5.41, 5.74) is 1.47. The topological polar surface area (TPSA) is 57.8 Å². The fraction of sp³-hybridized carbons (Fsp3) is 0.111. The monoisotopic (exact) mass is 209 g/mol. The molecular weight excluding hydrogens is 202 g/mol. The van der Waals surface area contributed by atoms with Crippen LogP contribution in [0.2, 0.25) is 5.02 Å². The second-order valence-electron chi connectivity index (χ2n) is 2.90. The van der Waals surface area contributed by atoms with Crippen LogP contribution in [0.25, 0.3) is 11.0 Å². The molecule has 0 bridgehead atoms. The third kappa shape index (κ3) is 1.56. The van der Waals surface area contributed by atoms with Crippen molar-refractivity contribution in [2.45, 2.75) is 6.92 Å². The molecule has 72 valence electrons. The van der Waals surface area contributed by atoms with Crippen LogP contribution in [0.4, 0.5) is 5.95 Å². The van der Waals surface area contributed by atoms with Crippen molar-refractivity contribution in [2.75, 3.05) is 5.32 Å². The number of halogens is 1. The van der Waals surface area contributed by atoms with Gasteiger partial charge in [-0.3, -0.25) is 10.1 Å². The van der Waals surface area contributed by atoms with Gasteiger partial charge in [0.25, 0.3) is 0 Å². The average Bonchev–Trinajstić information content (AvgIpc) is 2.47. The number of hydrogen-bond donors (Lipinski definition) is 2. The Kier molecular flexibility index (Phi) is 2.13. The van der Waals surface area contributed by atoms with Gasteiger partial charge in [0.2, 0.25) is 11.9 Å². The highest BCUT2D eigenvalue weighted by Crippen LogP contribution is 2.22. The number of carbonyl (C=O) groups excluding carboxylic acids is 1. The van der Waals surface area contributed by atoms with Gasteiger partial charge in [-0.05, 0) is 12.1 Å². The summed E-state index contributed by atoms with van der Waals surface area (Å²) in [5.74, 6) is 0.251. The number of aromatic amines is 1. The van der Waals surface area contributed by atoms with E-state index in [0.717, 1.165) is 5.52 Å². The minimum Gasteiger partial charge on any atom is -0.324 e. The van der Waals surface area contributed by atoms with Crippen LogP contribution in [-0.4, -0.2) is 15.9 Å². The summed E-state index contributed by atoms with van der Waals surface area (Å²) in [7, 11) is 0. The zero-order valence-corrected chi connectivity index (χ0v) is 8.22. The number of nitrogens with zero attached hydrogens (tertiary/aromatic N) is 1. The summed E-state index contributed by atoms with van der Waals surface area (Å²) < 4.78 is 0. The van der Waals surface area contributed by atoms with Gasteiger partial charge >= 0.3 is 0 Å². The summed E-state index contributed by atoms with van der Waals surface area (Å²) in [6.07, 6.45) is 0. The Balaban J connectivity index is 2.51. The van der Waals surface area contributed by atoms with Gasteiger partial charge in [-0.25, -0.2) is 4.98 Å². The van der Waals surface area contributed by atoms with E-state index in [1.54, 1.807) is 6.07 Å². The number of H-pyrrole nitrogens is 1. The maximum Gasteiger partial charge on any atom is 0.223 e. The van der Waals surface area contributed by atoms with Gasteiger partial charge in [0.15, 0.2) is 0 Å². The van der Waals surface area contributed by atoms with Crippen LogP contribution < -0.4 is 5.32 Å². The molecule has 5 heteroatoms. The molecule has 0 saturated carbocycles. The Labute approximate surface area is 85.3 Å². The number of carbonyl (C=O) groups is 1. The van der Waals surface area contributed by atoms with E-state index in [1.807, 2.05) is 12.1 Å². The number of rotatable bonds is 1. The maximum absolute atomic E-state index is 10.8. The van der Waals surface area contributed by atoms with Crippen molar-refractivity contribution in [3.63, 3.8) is 0 Å². The zero-order chi connectivity index (χ0) is 10.1. The van der Waals surface area contributed by atoms with E-state index in [0.29, 0.717) is 16.5 Å². The van der Waals surface area contributed by atoms with E-state index in [-0.39, 0.29) is 5.91 Å². The van der Waals surface area contributed by atoms with Crippen molar-refractivity contribution < 1.29 is 4.79 Å². The number of anilines is 1. The Hall–Kier alpha value is -1.55. The van der Waals surface area contributed by atoms with Crippen molar-refractivity contribution in [2.24, 2.45) is 0 Å². The van der Waals surface area contributed by atoms with Crippen molar-refractivity contribution >= 4 is 34.5 Å². The fourth-order valence-electron chi connectivity index (χ4n) is 1.22. The van der Waals surface area contributed by atoms with Crippen molar-refractivity contribution in [1.82, 2.24) is 9.97 Å². The molecule has 2 N–H and O–H groups in total. The quantitative estimate of drug-likeness (QED) is 0.756. The summed E-state index contributed by atoms with van der Waals surface area (Å²) in [5, 5.41) is 3.12. The summed E-state index contributed by atoms with van der Waals surface area (Å²) >= 11 is 5.91. The normalized spacial score (nSPS) is 10.4. The number of hydrogen-bond acceptors (Lipinski definition) is 2. The number of amides is 1. The molecule has 4 nitrogen and oxygen atoms in total. The van der Waals surface area contributed by atoms with Gasteiger partial charge in [-0.1, -0.05) is 17.7 Å². The molecule has 0 atom stereocenters. The molecule has 0 aliphatic carbocycles. The minimum absolute atomic E-state index is 0.167. The van der Waals surface area contributed by atoms with E-state index < -0.39 is 0 Å². The van der Waals surface area contributed by atoms with Crippen LogP contribution in [0.5, 0.6) is 0 Å². The van der Waals surface area contributed by atoms with Gasteiger partial charge in [-0.2, -0.15) is 0 Å². The Morgan fingerprint density at radius 3 is 3.00 bits per heavy atom. The molecule has 14 heavy (non-hydrogen) atoms. The van der Waals surface area contributed by atoms with E-state index in [1.165, 1.54) is 6.92 Å². The first-order valence-corrected chi connectivity index (χ1v) is 4.46. The molecule has 2 aromatic rings. The number of fused-ring (bicyclic) bond motifs is 1. The van der Waals surface area contributed by atoms with Crippen molar-refractivity contribution in [1.29, 1.82) is 0 Å². The SMILES string of the molecule is CC(=O)Nc1nc2c(Cl)cccc2[nH]1. The molecule has 0 unspecified atom stereocenters. The third-order valence-corrected chi connectivity index (χ3v) is 2.06. The first-order chi connectivity index (χ1) is 6.66. The van der Waals surface area contributed by atoms with E-state index in [4.69, 9.17) is 11.6 Å². The predicted molar refractivity (Wildman–Crippen MR) is 55.4 cm³/mol. The molecule has 0 spiro atoms. The number of para-hydroxylation sites is 1. The molecular formula is C9H8ClN3O. The van der Waals surface area contributed by atoms with Crippen LogP contribution >= 0.6 is 11.6 Å². The molecule has 1 aromatic carbocycles. The van der Waals surface area contributed by atoms with Crippen LogP contribution in [0.3, 0.4) is 0 Å². The first kappa shape index (κ1) is 9.02. The zero-order valence-electron chi connectivity index (χ0n) is 7.47. The van der Waals surface area contributed by atoms with Gasteiger partial charge in [0.05, 0.1) is 10.5 Å². The number of aromatic nitrogens is 2. The number of benzene rings is 1. The lowest BCUT2D eigenvalue weighted by Crippen LogP contribution is -2.06. The van der Waals surface area contributed by atoms with Crippen LogP contribution in [0, 0.1) is 0 Å². The van der Waals surface area contributed by atoms with E-state index in [2.05, 4.69) is 15.3 Å². The Morgan fingerprint density at radius 2 is 2.36 bits per heavy atom. The van der Waals surface area contributed by atoms with Crippen molar-refractivity contribution in [3.8, 4) is 0 Å². The molecule has 0 saturated heterocycles. The molecule has 2 rings (SSSR count). The fourth-order valence-corrected chi connectivity index (χ4v) is 1.44. The van der Waals surface area contributed by atoms with Crippen molar-refractivity contribution in [3.05, 3.63) is 23.2 Å². The molecule has 0 fully saturated rings. The Morgan fingerprint density at radius 1 is 1.57 bits per heavy atom. The van der Waals surface area contributed by atoms with Crippen LogP contribution in [0.1, 0.15) is 6.92 Å². The smallest absolute Gasteiger partial charge is 0.223 e. The molecule has 0 aliphatic heterocycles. The van der Waals surface area contributed by atoms with Gasteiger partial charge in [-0.15, -0.1) is 0 Å². The Bertz CT molecular complexity index is 492. The summed E-state index contributed by atoms with van der Waals surface area (Å²) in [6, 6.07) is 5.42. The summed E-state index contributed by atoms with van der Waals surface area (Å²) in [6.45, 7) is 1.43. The first-order valence-electron chi connectivity index (χ1n) is 4.08. The molecule has 1 amide bonds. The number of imidazole rings is 1. The highest BCUT2D eigenvalue weighted by atomic mass is 35.5. The van der Waals surface area contributed by atoms with Gasteiger partial charge in [0, 0.05) is 6.92 Å². The highest BCUT2D eigenvalue weighted by molar-refractivity contribution is 6.35. The van der Waals surface area contributed by atoms with E-state index >= 15 is 0 Å². The molecule has 0 aliphatic rings. The average molecular weight is 210 g/mol. The second kappa shape index (κ2) is 3.31. The van der Waals surface area contributed by atoms with Crippen LogP contribution in [-0.2, 0) is 4.79 Å².